The number of nitrogens with two attached hydrogens (primary N) is 2. The van der Waals surface area contributed by atoms with Crippen LogP contribution in [0.3, 0.4) is 0 Å². The van der Waals surface area contributed by atoms with Gasteiger partial charge in [-0.3, -0.25) is 4.79 Å². The standard InChI is InChI=1S/C12H16N6O5/c13-9(17-14)4-1-18(10-6(4)11(22)16-3-15-10)12-8(21)7(20)5(2-19)23-12/h1,3,5,7-8,12,19-21H,2,14H2,(H2,13,17)(H,15,16,22)/t5-,7-,8-,12-/m1/s1. The smallest absolute Gasteiger partial charge is 0.260 e. The van der Waals surface area contributed by atoms with E-state index in [4.69, 9.17) is 16.3 Å². The lowest BCUT2D eigenvalue weighted by Gasteiger charge is -2.17. The van der Waals surface area contributed by atoms with Crippen LogP contribution in [-0.4, -0.2) is 60.6 Å². The number of aromatic nitrogens is 3. The van der Waals surface area contributed by atoms with E-state index in [0.717, 1.165) is 0 Å². The van der Waals surface area contributed by atoms with E-state index in [-0.39, 0.29) is 22.4 Å². The summed E-state index contributed by atoms with van der Waals surface area (Å²) in [6.07, 6.45) is -2.04. The number of rotatable bonds is 3. The first-order chi connectivity index (χ1) is 11.0. The Hall–Kier alpha value is -2.47. The molecule has 1 saturated heterocycles. The summed E-state index contributed by atoms with van der Waals surface area (Å²) in [5.41, 5.74) is 5.61. The number of hydrogen-bond donors (Lipinski definition) is 6. The van der Waals surface area contributed by atoms with Crippen molar-refractivity contribution in [3.63, 3.8) is 0 Å². The van der Waals surface area contributed by atoms with E-state index in [9.17, 15) is 20.1 Å². The quantitative estimate of drug-likeness (QED) is 0.148. The molecule has 2 aromatic heterocycles. The zero-order chi connectivity index (χ0) is 16.7. The molecule has 11 nitrogen and oxygen atoms in total. The molecule has 1 fully saturated rings. The number of fused-ring (bicyclic) bond motifs is 1. The molecule has 2 aromatic rings. The van der Waals surface area contributed by atoms with E-state index in [1.807, 2.05) is 0 Å². The summed E-state index contributed by atoms with van der Waals surface area (Å²) in [6, 6.07) is 0. The first kappa shape index (κ1) is 15.4. The number of hydrogen-bond acceptors (Lipinski definition) is 8. The van der Waals surface area contributed by atoms with E-state index in [1.54, 1.807) is 0 Å². The Labute approximate surface area is 128 Å². The molecule has 1 aliphatic heterocycles. The maximum Gasteiger partial charge on any atom is 0.260 e. The Morgan fingerprint density at radius 1 is 1.48 bits per heavy atom. The fourth-order valence-electron chi connectivity index (χ4n) is 2.66. The van der Waals surface area contributed by atoms with Gasteiger partial charge in [-0.25, -0.2) is 4.98 Å². The Balaban J connectivity index is 2.20. The summed E-state index contributed by atoms with van der Waals surface area (Å²) in [4.78, 5) is 18.5. The van der Waals surface area contributed by atoms with Gasteiger partial charge in [0, 0.05) is 6.20 Å². The van der Waals surface area contributed by atoms with Crippen LogP contribution in [0.15, 0.2) is 22.4 Å². The third kappa shape index (κ3) is 2.26. The first-order valence-corrected chi connectivity index (χ1v) is 6.74. The monoisotopic (exact) mass is 324 g/mol. The lowest BCUT2D eigenvalue weighted by atomic mass is 10.1. The molecule has 0 radical (unpaired) electrons. The van der Waals surface area contributed by atoms with Crippen LogP contribution in [0.5, 0.6) is 0 Å². The van der Waals surface area contributed by atoms with Gasteiger partial charge >= 0.3 is 0 Å². The van der Waals surface area contributed by atoms with E-state index in [2.05, 4.69) is 15.1 Å². The van der Waals surface area contributed by atoms with Gasteiger partial charge in [0.1, 0.15) is 24.0 Å². The second kappa shape index (κ2) is 5.62. The largest absolute Gasteiger partial charge is 0.394 e. The van der Waals surface area contributed by atoms with Crippen molar-refractivity contribution in [3.8, 4) is 0 Å². The van der Waals surface area contributed by atoms with Crippen molar-refractivity contribution in [3.05, 3.63) is 28.4 Å². The molecule has 124 valence electrons. The van der Waals surface area contributed by atoms with Gasteiger partial charge in [-0.1, -0.05) is 0 Å². The lowest BCUT2D eigenvalue weighted by molar-refractivity contribution is -0.0508. The van der Waals surface area contributed by atoms with Crippen LogP contribution in [0, 0.1) is 0 Å². The van der Waals surface area contributed by atoms with Crippen LogP contribution < -0.4 is 17.1 Å². The van der Waals surface area contributed by atoms with Crippen LogP contribution in [0.25, 0.3) is 11.0 Å². The summed E-state index contributed by atoms with van der Waals surface area (Å²) < 4.78 is 6.79. The third-order valence-electron chi connectivity index (χ3n) is 3.82. The van der Waals surface area contributed by atoms with E-state index in [0.29, 0.717) is 0 Å². The minimum atomic E-state index is -1.33. The Kier molecular flexibility index (Phi) is 3.77. The van der Waals surface area contributed by atoms with Crippen LogP contribution in [0.2, 0.25) is 0 Å². The maximum atomic E-state index is 12.1. The van der Waals surface area contributed by atoms with Crippen LogP contribution in [0.1, 0.15) is 11.8 Å². The number of aliphatic hydroxyl groups excluding tert-OH is 3. The van der Waals surface area contributed by atoms with Gasteiger partial charge < -0.3 is 41.2 Å². The predicted molar refractivity (Wildman–Crippen MR) is 78.3 cm³/mol. The van der Waals surface area contributed by atoms with Crippen molar-refractivity contribution in [2.45, 2.75) is 24.5 Å². The topological polar surface area (TPSA) is 185 Å². The van der Waals surface area contributed by atoms with Gasteiger partial charge in [-0.2, -0.15) is 5.10 Å². The molecule has 0 unspecified atom stereocenters. The molecule has 3 rings (SSSR count). The number of H-pyrrole nitrogens is 1. The zero-order valence-electron chi connectivity index (χ0n) is 11.8. The number of amidine groups is 1. The number of nitrogens with one attached hydrogen (secondary N) is 1. The molecule has 3 heterocycles. The van der Waals surface area contributed by atoms with Crippen molar-refractivity contribution < 1.29 is 20.1 Å². The number of nitrogens with zero attached hydrogens (tertiary/aromatic N) is 3. The summed E-state index contributed by atoms with van der Waals surface area (Å²) in [5, 5.41) is 32.7. The average molecular weight is 324 g/mol. The lowest BCUT2D eigenvalue weighted by Crippen LogP contribution is -2.33. The van der Waals surface area contributed by atoms with E-state index < -0.39 is 36.7 Å². The number of ether oxygens (including phenoxy) is 1. The highest BCUT2D eigenvalue weighted by Crippen LogP contribution is 2.32. The molecule has 4 atom stereocenters. The summed E-state index contributed by atoms with van der Waals surface area (Å²) in [5.74, 6) is 5.07. The molecule has 0 spiro atoms. The van der Waals surface area contributed by atoms with Crippen molar-refractivity contribution in [1.82, 2.24) is 14.5 Å². The Morgan fingerprint density at radius 2 is 2.22 bits per heavy atom. The minimum absolute atomic E-state index is 0.0982. The van der Waals surface area contributed by atoms with Gasteiger partial charge in [-0.05, 0) is 0 Å². The fraction of sp³-hybridized carbons (Fsp3) is 0.417. The Morgan fingerprint density at radius 3 is 2.83 bits per heavy atom. The number of aliphatic hydroxyl groups is 3. The molecule has 0 aromatic carbocycles. The first-order valence-electron chi connectivity index (χ1n) is 6.74. The molecule has 0 saturated carbocycles. The second-order valence-electron chi connectivity index (χ2n) is 5.12. The molecule has 11 heteroatoms. The van der Waals surface area contributed by atoms with E-state index in [1.165, 1.54) is 17.1 Å². The van der Waals surface area contributed by atoms with Crippen molar-refractivity contribution in [2.24, 2.45) is 16.7 Å². The fourth-order valence-corrected chi connectivity index (χ4v) is 2.66. The van der Waals surface area contributed by atoms with Crippen LogP contribution in [0.4, 0.5) is 0 Å². The van der Waals surface area contributed by atoms with E-state index >= 15 is 0 Å². The van der Waals surface area contributed by atoms with Crippen molar-refractivity contribution >= 4 is 16.9 Å². The summed E-state index contributed by atoms with van der Waals surface area (Å²) >= 11 is 0. The zero-order valence-corrected chi connectivity index (χ0v) is 11.8. The predicted octanol–water partition coefficient (Wildman–Crippen LogP) is -3.08. The highest BCUT2D eigenvalue weighted by Gasteiger charge is 2.44. The highest BCUT2D eigenvalue weighted by molar-refractivity contribution is 6.07. The van der Waals surface area contributed by atoms with Gasteiger partial charge in [0.25, 0.3) is 5.56 Å². The highest BCUT2D eigenvalue weighted by atomic mass is 16.6. The second-order valence-corrected chi connectivity index (χ2v) is 5.12. The third-order valence-corrected chi connectivity index (χ3v) is 3.82. The van der Waals surface area contributed by atoms with Gasteiger partial charge in [-0.15, -0.1) is 0 Å². The summed E-state index contributed by atoms with van der Waals surface area (Å²) in [6.45, 7) is -0.471. The number of hydrazone groups is 1. The molecule has 1 aliphatic rings. The summed E-state index contributed by atoms with van der Waals surface area (Å²) in [7, 11) is 0. The maximum absolute atomic E-state index is 12.1. The Bertz CT molecular complexity index is 814. The average Bonchev–Trinajstić information content (AvgIpc) is 3.07. The molecule has 0 amide bonds. The van der Waals surface area contributed by atoms with Crippen LogP contribution >= 0.6 is 0 Å². The van der Waals surface area contributed by atoms with Crippen LogP contribution in [-0.2, 0) is 4.74 Å². The van der Waals surface area contributed by atoms with Gasteiger partial charge in [0.2, 0.25) is 0 Å². The molecule has 23 heavy (non-hydrogen) atoms. The SMILES string of the molecule is NN=C(N)c1cn([C@@H]2O[C@H](CO)[C@@H](O)[C@H]2O)c2nc[nH]c(=O)c12. The van der Waals surface area contributed by atoms with Crippen molar-refractivity contribution in [2.75, 3.05) is 6.61 Å². The molecule has 0 bridgehead atoms. The molecule has 8 N–H and O–H groups in total. The van der Waals surface area contributed by atoms with Crippen molar-refractivity contribution in [1.29, 1.82) is 0 Å². The number of aromatic amines is 1. The van der Waals surface area contributed by atoms with Gasteiger partial charge in [0.05, 0.1) is 23.9 Å². The minimum Gasteiger partial charge on any atom is -0.394 e. The molecular formula is C12H16N6O5. The normalized spacial score (nSPS) is 28.6. The molecular weight excluding hydrogens is 308 g/mol. The van der Waals surface area contributed by atoms with Gasteiger partial charge in [0.15, 0.2) is 12.1 Å². The molecule has 0 aliphatic carbocycles.